The summed E-state index contributed by atoms with van der Waals surface area (Å²) in [7, 11) is -2.42. The predicted octanol–water partition coefficient (Wildman–Crippen LogP) is 4.63. The largest absolute Gasteiger partial charge is 0.497 e. The highest BCUT2D eigenvalue weighted by atomic mass is 32.2. The highest BCUT2D eigenvalue weighted by molar-refractivity contribution is 7.89. The first kappa shape index (κ1) is 30.1. The lowest BCUT2D eigenvalue weighted by atomic mass is 10.0. The van der Waals surface area contributed by atoms with Gasteiger partial charge in [-0.15, -0.1) is 0 Å². The highest BCUT2D eigenvalue weighted by Crippen LogP contribution is 2.22. The summed E-state index contributed by atoms with van der Waals surface area (Å²) in [4.78, 5) is 12.8. The summed E-state index contributed by atoms with van der Waals surface area (Å²) < 4.78 is 39.1. The summed E-state index contributed by atoms with van der Waals surface area (Å²) in [6.07, 6.45) is -0.832. The van der Waals surface area contributed by atoms with Crippen LogP contribution in [0, 0.1) is 5.92 Å². The number of nitrogens with one attached hydrogen (secondary N) is 1. The number of sulfonamides is 1. The molecular weight excluding hydrogens is 516 g/mol. The SMILES string of the molecule is CCC(C)CN(C[C@@H](O)[C@H](Cc1ccccc1)NC(=O)OCc1ccccc1)S(=O)(=O)c1ccc(OC)cc1. The minimum Gasteiger partial charge on any atom is -0.497 e. The van der Waals surface area contributed by atoms with Crippen LogP contribution in [-0.2, 0) is 27.8 Å². The zero-order valence-corrected chi connectivity index (χ0v) is 23.5. The van der Waals surface area contributed by atoms with E-state index in [4.69, 9.17) is 9.47 Å². The summed E-state index contributed by atoms with van der Waals surface area (Å²) in [6.45, 7) is 4.05. The number of hydrogen-bond donors (Lipinski definition) is 2. The monoisotopic (exact) mass is 554 g/mol. The standard InChI is InChI=1S/C30H38N2O6S/c1-4-23(2)20-32(39(35,36)27-17-15-26(37-3)16-18-27)21-29(33)28(19-24-11-7-5-8-12-24)31-30(34)38-22-25-13-9-6-10-14-25/h5-18,23,28-29,33H,4,19-22H2,1-3H3,(H,31,34)/t23?,28-,29+/m0/s1. The Morgan fingerprint density at radius 3 is 2.08 bits per heavy atom. The molecule has 0 spiro atoms. The van der Waals surface area contributed by atoms with Crippen LogP contribution < -0.4 is 10.1 Å². The van der Waals surface area contributed by atoms with Crippen molar-refractivity contribution in [3.8, 4) is 5.75 Å². The van der Waals surface area contributed by atoms with Gasteiger partial charge in [0.05, 0.1) is 24.2 Å². The van der Waals surface area contributed by atoms with Crippen molar-refractivity contribution in [1.82, 2.24) is 9.62 Å². The van der Waals surface area contributed by atoms with Crippen LogP contribution in [0.25, 0.3) is 0 Å². The lowest BCUT2D eigenvalue weighted by molar-refractivity contribution is 0.0868. The molecule has 210 valence electrons. The van der Waals surface area contributed by atoms with Gasteiger partial charge in [-0.05, 0) is 47.7 Å². The second-order valence-electron chi connectivity index (χ2n) is 9.58. The van der Waals surface area contributed by atoms with Crippen LogP contribution in [0.4, 0.5) is 4.79 Å². The molecule has 2 N–H and O–H groups in total. The first-order chi connectivity index (χ1) is 18.7. The number of rotatable bonds is 14. The maximum atomic E-state index is 13.6. The third kappa shape index (κ3) is 9.09. The summed E-state index contributed by atoms with van der Waals surface area (Å²) in [6, 6.07) is 24.1. The van der Waals surface area contributed by atoms with E-state index >= 15 is 0 Å². The summed E-state index contributed by atoms with van der Waals surface area (Å²) in [5.74, 6) is 0.602. The van der Waals surface area contributed by atoms with Crippen LogP contribution in [-0.4, -0.2) is 56.3 Å². The maximum absolute atomic E-state index is 13.6. The Labute approximate surface area is 231 Å². The van der Waals surface area contributed by atoms with E-state index in [-0.39, 0.29) is 30.5 Å². The van der Waals surface area contributed by atoms with Crippen molar-refractivity contribution in [3.63, 3.8) is 0 Å². The fourth-order valence-corrected chi connectivity index (χ4v) is 5.63. The molecule has 3 aromatic carbocycles. The number of aliphatic hydroxyl groups is 1. The Kier molecular flexibility index (Phi) is 11.3. The number of methoxy groups -OCH3 is 1. The number of carbonyl (C=O) groups excluding carboxylic acids is 1. The molecule has 1 unspecified atom stereocenters. The van der Waals surface area contributed by atoms with Gasteiger partial charge in [-0.2, -0.15) is 4.31 Å². The smallest absolute Gasteiger partial charge is 0.407 e. The number of carbonyl (C=O) groups is 1. The van der Waals surface area contributed by atoms with Crippen LogP contribution in [0.5, 0.6) is 5.75 Å². The predicted molar refractivity (Wildman–Crippen MR) is 151 cm³/mol. The minimum atomic E-state index is -3.93. The van der Waals surface area contributed by atoms with E-state index in [1.807, 2.05) is 74.5 Å². The van der Waals surface area contributed by atoms with Crippen molar-refractivity contribution in [1.29, 1.82) is 0 Å². The average molecular weight is 555 g/mol. The highest BCUT2D eigenvalue weighted by Gasteiger charge is 2.32. The second kappa shape index (κ2) is 14.7. The fourth-order valence-electron chi connectivity index (χ4n) is 4.05. The van der Waals surface area contributed by atoms with E-state index in [0.29, 0.717) is 12.2 Å². The van der Waals surface area contributed by atoms with Gasteiger partial charge in [0.15, 0.2) is 0 Å². The normalized spacial score (nSPS) is 13.9. The van der Waals surface area contributed by atoms with Crippen molar-refractivity contribution in [2.24, 2.45) is 5.92 Å². The molecule has 8 nitrogen and oxygen atoms in total. The first-order valence-corrected chi connectivity index (χ1v) is 14.5. The quantitative estimate of drug-likeness (QED) is 0.301. The molecule has 0 radical (unpaired) electrons. The van der Waals surface area contributed by atoms with E-state index in [1.165, 1.54) is 23.5 Å². The number of amides is 1. The molecule has 0 aromatic heterocycles. The van der Waals surface area contributed by atoms with Gasteiger partial charge in [0.25, 0.3) is 0 Å². The van der Waals surface area contributed by atoms with Gasteiger partial charge in [0.2, 0.25) is 10.0 Å². The molecule has 0 bridgehead atoms. The lowest BCUT2D eigenvalue weighted by Gasteiger charge is -2.31. The molecular formula is C30H38N2O6S. The molecule has 0 fully saturated rings. The third-order valence-corrected chi connectivity index (χ3v) is 8.42. The number of hydrogen-bond acceptors (Lipinski definition) is 6. The molecule has 0 heterocycles. The molecule has 3 aromatic rings. The number of aliphatic hydroxyl groups excluding tert-OH is 1. The Balaban J connectivity index is 1.81. The van der Waals surface area contributed by atoms with E-state index in [9.17, 15) is 18.3 Å². The van der Waals surface area contributed by atoms with Gasteiger partial charge in [-0.25, -0.2) is 13.2 Å². The molecule has 0 saturated heterocycles. The van der Waals surface area contributed by atoms with Gasteiger partial charge < -0.3 is 19.9 Å². The molecule has 0 aliphatic heterocycles. The number of benzene rings is 3. The van der Waals surface area contributed by atoms with Crippen molar-refractivity contribution in [2.45, 2.75) is 50.3 Å². The van der Waals surface area contributed by atoms with E-state index in [2.05, 4.69) is 5.32 Å². The molecule has 1 amide bonds. The molecule has 3 atom stereocenters. The molecule has 0 aliphatic rings. The Bertz CT molecular complexity index is 1250. The summed E-state index contributed by atoms with van der Waals surface area (Å²) in [5.41, 5.74) is 1.72. The fraction of sp³-hybridized carbons (Fsp3) is 0.367. The van der Waals surface area contributed by atoms with Crippen molar-refractivity contribution < 1.29 is 27.8 Å². The van der Waals surface area contributed by atoms with Crippen LogP contribution in [0.3, 0.4) is 0 Å². The lowest BCUT2D eigenvalue weighted by Crippen LogP contribution is -2.51. The Hall–Kier alpha value is -3.40. The number of alkyl carbamates (subject to hydrolysis) is 1. The Morgan fingerprint density at radius 2 is 1.51 bits per heavy atom. The summed E-state index contributed by atoms with van der Waals surface area (Å²) in [5, 5.41) is 14.1. The number of nitrogens with zero attached hydrogens (tertiary/aromatic N) is 1. The maximum Gasteiger partial charge on any atom is 0.407 e. The van der Waals surface area contributed by atoms with Crippen LogP contribution in [0.15, 0.2) is 89.8 Å². The topological polar surface area (TPSA) is 105 Å². The van der Waals surface area contributed by atoms with E-state index < -0.39 is 28.3 Å². The summed E-state index contributed by atoms with van der Waals surface area (Å²) >= 11 is 0. The van der Waals surface area contributed by atoms with Crippen molar-refractivity contribution >= 4 is 16.1 Å². The van der Waals surface area contributed by atoms with Crippen LogP contribution in [0.1, 0.15) is 31.4 Å². The zero-order chi connectivity index (χ0) is 28.3. The van der Waals surface area contributed by atoms with Crippen LogP contribution >= 0.6 is 0 Å². The molecule has 0 saturated carbocycles. The van der Waals surface area contributed by atoms with Crippen molar-refractivity contribution in [2.75, 3.05) is 20.2 Å². The third-order valence-electron chi connectivity index (χ3n) is 6.58. The molecule has 9 heteroatoms. The van der Waals surface area contributed by atoms with E-state index in [1.54, 1.807) is 12.1 Å². The minimum absolute atomic E-state index is 0.0570. The molecule has 3 rings (SSSR count). The number of ether oxygens (including phenoxy) is 2. The van der Waals surface area contributed by atoms with Crippen molar-refractivity contribution in [3.05, 3.63) is 96.1 Å². The van der Waals surface area contributed by atoms with Gasteiger partial charge in [-0.1, -0.05) is 80.9 Å². The van der Waals surface area contributed by atoms with Crippen LogP contribution in [0.2, 0.25) is 0 Å². The van der Waals surface area contributed by atoms with E-state index in [0.717, 1.165) is 17.5 Å². The Morgan fingerprint density at radius 1 is 0.923 bits per heavy atom. The van der Waals surface area contributed by atoms with Gasteiger partial charge in [0, 0.05) is 13.1 Å². The van der Waals surface area contributed by atoms with Gasteiger partial charge in [0.1, 0.15) is 12.4 Å². The molecule has 0 aliphatic carbocycles. The zero-order valence-electron chi connectivity index (χ0n) is 22.7. The molecule has 39 heavy (non-hydrogen) atoms. The van der Waals surface area contributed by atoms with Gasteiger partial charge in [-0.3, -0.25) is 0 Å². The second-order valence-corrected chi connectivity index (χ2v) is 11.5. The first-order valence-electron chi connectivity index (χ1n) is 13.1. The average Bonchev–Trinajstić information content (AvgIpc) is 2.96. The van der Waals surface area contributed by atoms with Gasteiger partial charge >= 0.3 is 6.09 Å².